The lowest BCUT2D eigenvalue weighted by atomic mass is 9.90. The topological polar surface area (TPSA) is 121 Å². The summed E-state index contributed by atoms with van der Waals surface area (Å²) in [5, 5.41) is 28.2. The van der Waals surface area contributed by atoms with Gasteiger partial charge in [0.1, 0.15) is 0 Å². The number of aromatic carboxylic acids is 2. The summed E-state index contributed by atoms with van der Waals surface area (Å²) < 4.78 is 4.96. The lowest BCUT2D eigenvalue weighted by Crippen LogP contribution is -2.18. The minimum atomic E-state index is -1.22. The van der Waals surface area contributed by atoms with E-state index in [1.165, 1.54) is 26.0 Å². The standard InChI is InChI=1S/C17H20O7/c1-9(2)17(23)24-7-6-11-12(15(19)20)4-5-13(16(21)22)14(11)8-10(3)18/h4-5,10,18H,1,6-8H2,2-3H3,(H,19,20)(H,21,22). The smallest absolute Gasteiger partial charge is 0.335 e. The highest BCUT2D eigenvalue weighted by atomic mass is 16.5. The molecule has 0 saturated heterocycles. The molecule has 1 aromatic rings. The molecule has 0 bridgehead atoms. The Morgan fingerprint density at radius 2 is 1.62 bits per heavy atom. The first-order valence-corrected chi connectivity index (χ1v) is 7.27. The predicted octanol–water partition coefficient (Wildman–Crippen LogP) is 1.67. The SMILES string of the molecule is C=C(C)C(=O)OCCc1c(C(=O)O)ccc(C(=O)O)c1CC(C)O. The van der Waals surface area contributed by atoms with Gasteiger partial charge in [-0.1, -0.05) is 6.58 Å². The van der Waals surface area contributed by atoms with E-state index in [1.807, 2.05) is 0 Å². The van der Waals surface area contributed by atoms with Crippen LogP contribution >= 0.6 is 0 Å². The van der Waals surface area contributed by atoms with Crippen molar-refractivity contribution in [2.75, 3.05) is 6.61 Å². The van der Waals surface area contributed by atoms with Crippen molar-refractivity contribution in [1.82, 2.24) is 0 Å². The quantitative estimate of drug-likeness (QED) is 0.487. The Labute approximate surface area is 139 Å². The Morgan fingerprint density at radius 3 is 2.04 bits per heavy atom. The minimum Gasteiger partial charge on any atom is -0.478 e. The maximum Gasteiger partial charge on any atom is 0.335 e. The zero-order valence-electron chi connectivity index (χ0n) is 13.5. The van der Waals surface area contributed by atoms with Gasteiger partial charge in [-0.25, -0.2) is 14.4 Å². The third-order valence-corrected chi connectivity index (χ3v) is 3.33. The highest BCUT2D eigenvalue weighted by Gasteiger charge is 2.22. The number of aliphatic hydroxyl groups is 1. The summed E-state index contributed by atoms with van der Waals surface area (Å²) in [5.74, 6) is -3.05. The molecule has 7 nitrogen and oxygen atoms in total. The number of aliphatic hydroxyl groups excluding tert-OH is 1. The third kappa shape index (κ3) is 4.92. The van der Waals surface area contributed by atoms with E-state index in [0.29, 0.717) is 0 Å². The van der Waals surface area contributed by atoms with Gasteiger partial charge in [0.2, 0.25) is 0 Å². The van der Waals surface area contributed by atoms with Crippen LogP contribution in [0.3, 0.4) is 0 Å². The fraction of sp³-hybridized carbons (Fsp3) is 0.353. The first-order valence-electron chi connectivity index (χ1n) is 7.27. The molecule has 0 fully saturated rings. The molecule has 0 aromatic heterocycles. The van der Waals surface area contributed by atoms with E-state index >= 15 is 0 Å². The lowest BCUT2D eigenvalue weighted by Gasteiger charge is -2.17. The van der Waals surface area contributed by atoms with Crippen LogP contribution in [0.1, 0.15) is 45.7 Å². The number of carbonyl (C=O) groups is 3. The summed E-state index contributed by atoms with van der Waals surface area (Å²) >= 11 is 0. The molecule has 0 aliphatic carbocycles. The molecule has 0 aliphatic rings. The number of benzene rings is 1. The number of rotatable bonds is 8. The average molecular weight is 336 g/mol. The number of hydrogen-bond acceptors (Lipinski definition) is 5. The van der Waals surface area contributed by atoms with Crippen molar-refractivity contribution in [2.24, 2.45) is 0 Å². The summed E-state index contributed by atoms with van der Waals surface area (Å²) in [6.07, 6.45) is -0.861. The van der Waals surface area contributed by atoms with Crippen LogP contribution in [0.25, 0.3) is 0 Å². The normalized spacial score (nSPS) is 11.6. The Kier molecular flexibility index (Phi) is 6.67. The molecule has 1 aromatic carbocycles. The first-order chi connectivity index (χ1) is 11.1. The summed E-state index contributed by atoms with van der Waals surface area (Å²) in [5.41, 5.74) is 0.502. The van der Waals surface area contributed by atoms with E-state index in [0.717, 1.165) is 0 Å². The molecular weight excluding hydrogens is 316 g/mol. The van der Waals surface area contributed by atoms with Crippen LogP contribution in [0.5, 0.6) is 0 Å². The van der Waals surface area contributed by atoms with Crippen LogP contribution in [-0.4, -0.2) is 45.9 Å². The molecule has 0 spiro atoms. The van der Waals surface area contributed by atoms with Gasteiger partial charge in [0.15, 0.2) is 0 Å². The van der Waals surface area contributed by atoms with E-state index in [1.54, 1.807) is 0 Å². The van der Waals surface area contributed by atoms with E-state index in [9.17, 15) is 29.7 Å². The van der Waals surface area contributed by atoms with Gasteiger partial charge in [-0.15, -0.1) is 0 Å². The van der Waals surface area contributed by atoms with E-state index in [2.05, 4.69) is 6.58 Å². The van der Waals surface area contributed by atoms with Crippen LogP contribution in [0.2, 0.25) is 0 Å². The Hall–Kier alpha value is -2.67. The van der Waals surface area contributed by atoms with Crippen molar-refractivity contribution < 1.29 is 34.4 Å². The van der Waals surface area contributed by atoms with Crippen molar-refractivity contribution in [3.63, 3.8) is 0 Å². The second kappa shape index (κ2) is 8.26. The second-order valence-corrected chi connectivity index (χ2v) is 5.45. The fourth-order valence-electron chi connectivity index (χ4n) is 2.28. The van der Waals surface area contributed by atoms with Gasteiger partial charge in [-0.2, -0.15) is 0 Å². The fourth-order valence-corrected chi connectivity index (χ4v) is 2.28. The molecule has 1 unspecified atom stereocenters. The van der Waals surface area contributed by atoms with Gasteiger partial charge in [0.25, 0.3) is 0 Å². The highest BCUT2D eigenvalue weighted by molar-refractivity contribution is 5.95. The largest absolute Gasteiger partial charge is 0.478 e. The number of ether oxygens (including phenoxy) is 1. The number of esters is 1. The number of carbonyl (C=O) groups excluding carboxylic acids is 1. The Morgan fingerprint density at radius 1 is 1.12 bits per heavy atom. The molecular formula is C17H20O7. The van der Waals surface area contributed by atoms with Crippen molar-refractivity contribution >= 4 is 17.9 Å². The van der Waals surface area contributed by atoms with Gasteiger partial charge >= 0.3 is 17.9 Å². The summed E-state index contributed by atoms with van der Waals surface area (Å²) in [6.45, 7) is 6.28. The number of hydrogen-bond donors (Lipinski definition) is 3. The molecule has 0 aliphatic heterocycles. The van der Waals surface area contributed by atoms with Gasteiger partial charge in [0, 0.05) is 12.0 Å². The average Bonchev–Trinajstić information content (AvgIpc) is 2.46. The van der Waals surface area contributed by atoms with Crippen molar-refractivity contribution in [3.05, 3.63) is 46.5 Å². The molecule has 7 heteroatoms. The lowest BCUT2D eigenvalue weighted by molar-refractivity contribution is -0.138. The summed E-state index contributed by atoms with van der Waals surface area (Å²) in [4.78, 5) is 34.2. The first kappa shape index (κ1) is 19.4. The molecule has 3 N–H and O–H groups in total. The van der Waals surface area contributed by atoms with Crippen LogP contribution in [0, 0.1) is 0 Å². The van der Waals surface area contributed by atoms with Gasteiger partial charge in [-0.05, 0) is 43.5 Å². The molecule has 0 saturated carbocycles. The molecule has 0 radical (unpaired) electrons. The zero-order chi connectivity index (χ0) is 18.4. The van der Waals surface area contributed by atoms with E-state index < -0.39 is 24.0 Å². The van der Waals surface area contributed by atoms with Crippen LogP contribution < -0.4 is 0 Å². The summed E-state index contributed by atoms with van der Waals surface area (Å²) in [6, 6.07) is 2.40. The number of carboxylic acids is 2. The minimum absolute atomic E-state index is 0.0177. The zero-order valence-corrected chi connectivity index (χ0v) is 13.5. The van der Waals surface area contributed by atoms with Gasteiger partial charge < -0.3 is 20.1 Å². The van der Waals surface area contributed by atoms with Gasteiger partial charge in [-0.3, -0.25) is 0 Å². The van der Waals surface area contributed by atoms with Crippen molar-refractivity contribution in [2.45, 2.75) is 32.8 Å². The molecule has 0 amide bonds. The number of carboxylic acid groups (broad SMARTS) is 2. The van der Waals surface area contributed by atoms with Crippen LogP contribution in [-0.2, 0) is 22.4 Å². The van der Waals surface area contributed by atoms with E-state index in [4.69, 9.17) is 4.74 Å². The van der Waals surface area contributed by atoms with Crippen molar-refractivity contribution in [3.8, 4) is 0 Å². The second-order valence-electron chi connectivity index (χ2n) is 5.45. The van der Waals surface area contributed by atoms with Crippen molar-refractivity contribution in [1.29, 1.82) is 0 Å². The third-order valence-electron chi connectivity index (χ3n) is 3.33. The highest BCUT2D eigenvalue weighted by Crippen LogP contribution is 2.23. The predicted molar refractivity (Wildman–Crippen MR) is 85.2 cm³/mol. The van der Waals surface area contributed by atoms with Gasteiger partial charge in [0.05, 0.1) is 23.8 Å². The van der Waals surface area contributed by atoms with Crippen LogP contribution in [0.4, 0.5) is 0 Å². The monoisotopic (exact) mass is 336 g/mol. The molecule has 1 atom stereocenters. The summed E-state index contributed by atoms with van der Waals surface area (Å²) in [7, 11) is 0. The molecule has 130 valence electrons. The maximum atomic E-state index is 11.4. The molecule has 24 heavy (non-hydrogen) atoms. The molecule has 1 rings (SSSR count). The van der Waals surface area contributed by atoms with E-state index in [-0.39, 0.29) is 47.3 Å². The molecule has 0 heterocycles. The Balaban J connectivity index is 3.27. The van der Waals surface area contributed by atoms with Crippen LogP contribution in [0.15, 0.2) is 24.3 Å². The maximum absolute atomic E-state index is 11.4. The Bertz CT molecular complexity index is 674.